The lowest BCUT2D eigenvalue weighted by Gasteiger charge is -2.28. The topological polar surface area (TPSA) is 54.6 Å². The number of aromatic nitrogens is 2. The van der Waals surface area contributed by atoms with Gasteiger partial charge in [-0.15, -0.1) is 0 Å². The van der Waals surface area contributed by atoms with E-state index < -0.39 is 0 Å². The highest BCUT2D eigenvalue weighted by molar-refractivity contribution is 5.65. The van der Waals surface area contributed by atoms with Gasteiger partial charge in [-0.25, -0.2) is 0 Å². The summed E-state index contributed by atoms with van der Waals surface area (Å²) in [6.45, 7) is 3.41. The van der Waals surface area contributed by atoms with E-state index in [9.17, 15) is 0 Å². The van der Waals surface area contributed by atoms with Crippen molar-refractivity contribution in [3.05, 3.63) is 48.5 Å². The lowest BCUT2D eigenvalue weighted by Crippen LogP contribution is -2.36. The first-order chi connectivity index (χ1) is 12.7. The maximum absolute atomic E-state index is 5.48. The maximum atomic E-state index is 5.48. The predicted octanol–water partition coefficient (Wildman–Crippen LogP) is 3.31. The summed E-state index contributed by atoms with van der Waals surface area (Å²) in [6.07, 6.45) is 0. The van der Waals surface area contributed by atoms with Gasteiger partial charge in [0.1, 0.15) is 0 Å². The highest BCUT2D eigenvalue weighted by atomic mass is 16.5. The molecule has 6 nitrogen and oxygen atoms in total. The molecule has 26 heavy (non-hydrogen) atoms. The van der Waals surface area contributed by atoms with Crippen molar-refractivity contribution in [1.29, 1.82) is 0 Å². The van der Waals surface area contributed by atoms with Crippen molar-refractivity contribution in [2.24, 2.45) is 0 Å². The molecule has 0 bridgehead atoms. The summed E-state index contributed by atoms with van der Waals surface area (Å²) in [5, 5.41) is 4.15. The minimum Gasteiger partial charge on any atom is -0.378 e. The molecule has 1 saturated heterocycles. The van der Waals surface area contributed by atoms with Crippen molar-refractivity contribution in [3.63, 3.8) is 0 Å². The molecular formula is C20H22N4O2. The van der Waals surface area contributed by atoms with Crippen LogP contribution in [0.5, 0.6) is 0 Å². The van der Waals surface area contributed by atoms with Crippen LogP contribution in [0.25, 0.3) is 22.8 Å². The van der Waals surface area contributed by atoms with E-state index in [2.05, 4.69) is 27.2 Å². The fourth-order valence-corrected chi connectivity index (χ4v) is 3.02. The van der Waals surface area contributed by atoms with Gasteiger partial charge in [0.05, 0.1) is 13.2 Å². The predicted molar refractivity (Wildman–Crippen MR) is 103 cm³/mol. The smallest absolute Gasteiger partial charge is 0.258 e. The van der Waals surface area contributed by atoms with Crippen LogP contribution in [-0.4, -0.2) is 50.5 Å². The van der Waals surface area contributed by atoms with Crippen molar-refractivity contribution < 1.29 is 9.26 Å². The highest BCUT2D eigenvalue weighted by Crippen LogP contribution is 2.26. The number of anilines is 2. The SMILES string of the molecule is CN(C)c1cccc(-c2nc(-c3ccc(N4CCOCC4)cc3)no2)c1. The first-order valence-corrected chi connectivity index (χ1v) is 8.75. The Balaban J connectivity index is 1.55. The summed E-state index contributed by atoms with van der Waals surface area (Å²) in [5.41, 5.74) is 4.15. The van der Waals surface area contributed by atoms with Crippen LogP contribution in [0, 0.1) is 0 Å². The van der Waals surface area contributed by atoms with Crippen LogP contribution in [0.1, 0.15) is 0 Å². The van der Waals surface area contributed by atoms with Gasteiger partial charge in [0.15, 0.2) is 0 Å². The van der Waals surface area contributed by atoms with Gasteiger partial charge in [-0.2, -0.15) is 4.98 Å². The first kappa shape index (κ1) is 16.6. The van der Waals surface area contributed by atoms with Gasteiger partial charge in [-0.05, 0) is 42.5 Å². The number of nitrogens with zero attached hydrogens (tertiary/aromatic N) is 4. The number of rotatable bonds is 4. The van der Waals surface area contributed by atoms with Gasteiger partial charge < -0.3 is 19.1 Å². The molecule has 0 radical (unpaired) electrons. The van der Waals surface area contributed by atoms with Gasteiger partial charge in [-0.1, -0.05) is 11.2 Å². The van der Waals surface area contributed by atoms with E-state index in [1.165, 1.54) is 5.69 Å². The molecule has 0 N–H and O–H groups in total. The van der Waals surface area contributed by atoms with Gasteiger partial charge in [0.2, 0.25) is 5.82 Å². The van der Waals surface area contributed by atoms with Gasteiger partial charge >= 0.3 is 0 Å². The zero-order valence-corrected chi connectivity index (χ0v) is 15.1. The molecule has 2 heterocycles. The molecular weight excluding hydrogens is 328 g/mol. The minimum absolute atomic E-state index is 0.529. The zero-order chi connectivity index (χ0) is 17.9. The van der Waals surface area contributed by atoms with Crippen LogP contribution in [0.15, 0.2) is 53.1 Å². The summed E-state index contributed by atoms with van der Waals surface area (Å²) < 4.78 is 10.9. The van der Waals surface area contributed by atoms with E-state index in [0.717, 1.165) is 43.1 Å². The normalized spacial score (nSPS) is 14.5. The van der Waals surface area contributed by atoms with E-state index in [1.807, 2.05) is 55.4 Å². The lowest BCUT2D eigenvalue weighted by molar-refractivity contribution is 0.122. The molecule has 4 rings (SSSR count). The molecule has 0 spiro atoms. The van der Waals surface area contributed by atoms with Crippen LogP contribution >= 0.6 is 0 Å². The third-order valence-corrected chi connectivity index (χ3v) is 4.54. The second-order valence-corrected chi connectivity index (χ2v) is 6.51. The summed E-state index contributed by atoms with van der Waals surface area (Å²) in [4.78, 5) is 8.93. The molecule has 0 saturated carbocycles. The zero-order valence-electron chi connectivity index (χ0n) is 15.1. The molecule has 6 heteroatoms. The Hall–Kier alpha value is -2.86. The number of benzene rings is 2. The van der Waals surface area contributed by atoms with Gasteiger partial charge in [0, 0.05) is 49.7 Å². The lowest BCUT2D eigenvalue weighted by atomic mass is 10.1. The Kier molecular flexibility index (Phi) is 4.58. The quantitative estimate of drug-likeness (QED) is 0.720. The van der Waals surface area contributed by atoms with Crippen molar-refractivity contribution in [3.8, 4) is 22.8 Å². The molecule has 0 aliphatic carbocycles. The Morgan fingerprint density at radius 3 is 2.46 bits per heavy atom. The average molecular weight is 350 g/mol. The van der Waals surface area contributed by atoms with Crippen molar-refractivity contribution in [1.82, 2.24) is 10.1 Å². The van der Waals surface area contributed by atoms with Crippen LogP contribution < -0.4 is 9.80 Å². The van der Waals surface area contributed by atoms with Crippen LogP contribution in [0.4, 0.5) is 11.4 Å². The Morgan fingerprint density at radius 1 is 0.962 bits per heavy atom. The molecule has 3 aromatic rings. The Morgan fingerprint density at radius 2 is 1.73 bits per heavy atom. The van der Waals surface area contributed by atoms with Crippen LogP contribution in [0.3, 0.4) is 0 Å². The second-order valence-electron chi connectivity index (χ2n) is 6.51. The van der Waals surface area contributed by atoms with Crippen molar-refractivity contribution in [2.45, 2.75) is 0 Å². The summed E-state index contributed by atoms with van der Waals surface area (Å²) >= 11 is 0. The molecule has 1 aliphatic rings. The van der Waals surface area contributed by atoms with E-state index in [0.29, 0.717) is 11.7 Å². The number of morpholine rings is 1. The maximum Gasteiger partial charge on any atom is 0.258 e. The van der Waals surface area contributed by atoms with Crippen LogP contribution in [-0.2, 0) is 4.74 Å². The molecule has 0 unspecified atom stereocenters. The summed E-state index contributed by atoms with van der Waals surface area (Å²) in [6, 6.07) is 16.3. The van der Waals surface area contributed by atoms with Gasteiger partial charge in [-0.3, -0.25) is 0 Å². The molecule has 1 aromatic heterocycles. The van der Waals surface area contributed by atoms with Crippen molar-refractivity contribution in [2.75, 3.05) is 50.2 Å². The Labute approximate surface area is 153 Å². The van der Waals surface area contributed by atoms with Crippen LogP contribution in [0.2, 0.25) is 0 Å². The van der Waals surface area contributed by atoms with E-state index >= 15 is 0 Å². The fourth-order valence-electron chi connectivity index (χ4n) is 3.02. The third kappa shape index (κ3) is 3.41. The monoisotopic (exact) mass is 350 g/mol. The Bertz CT molecular complexity index is 868. The highest BCUT2D eigenvalue weighted by Gasteiger charge is 2.14. The molecule has 134 valence electrons. The third-order valence-electron chi connectivity index (χ3n) is 4.54. The minimum atomic E-state index is 0.529. The van der Waals surface area contributed by atoms with Crippen molar-refractivity contribution >= 4 is 11.4 Å². The summed E-state index contributed by atoms with van der Waals surface area (Å²) in [5.74, 6) is 1.13. The molecule has 2 aromatic carbocycles. The first-order valence-electron chi connectivity index (χ1n) is 8.75. The molecule has 1 aliphatic heterocycles. The molecule has 0 amide bonds. The van der Waals surface area contributed by atoms with Gasteiger partial charge in [0.25, 0.3) is 5.89 Å². The molecule has 0 atom stereocenters. The standard InChI is InChI=1S/C20H22N4O2/c1-23(2)18-5-3-4-16(14-18)20-21-19(22-26-20)15-6-8-17(9-7-15)24-10-12-25-13-11-24/h3-9,14H,10-13H2,1-2H3. The molecule has 1 fully saturated rings. The fraction of sp³-hybridized carbons (Fsp3) is 0.300. The number of hydrogen-bond acceptors (Lipinski definition) is 6. The van der Waals surface area contributed by atoms with E-state index in [4.69, 9.17) is 9.26 Å². The number of ether oxygens (including phenoxy) is 1. The largest absolute Gasteiger partial charge is 0.378 e. The van der Waals surface area contributed by atoms with E-state index in [1.54, 1.807) is 0 Å². The average Bonchev–Trinajstić information content (AvgIpc) is 3.19. The summed E-state index contributed by atoms with van der Waals surface area (Å²) in [7, 11) is 4.02. The second kappa shape index (κ2) is 7.17. The number of hydrogen-bond donors (Lipinski definition) is 0. The van der Waals surface area contributed by atoms with E-state index in [-0.39, 0.29) is 0 Å².